The number of nitrogens with zero attached hydrogens (tertiary/aromatic N) is 1. The fourth-order valence-electron chi connectivity index (χ4n) is 2.65. The van der Waals surface area contributed by atoms with Gasteiger partial charge in [-0.2, -0.15) is 5.26 Å². The maximum atomic E-state index is 12.0. The SMILES string of the molecule is CC(C#N)NC(=O)c1ccc(OCc2cccc(OCc3ccccc3)c2)cc1. The van der Waals surface area contributed by atoms with Gasteiger partial charge >= 0.3 is 0 Å². The molecule has 0 saturated carbocycles. The number of nitrogens with one attached hydrogen (secondary N) is 1. The summed E-state index contributed by atoms with van der Waals surface area (Å²) in [5.41, 5.74) is 2.58. The number of hydrogen-bond donors (Lipinski definition) is 1. The summed E-state index contributed by atoms with van der Waals surface area (Å²) in [5, 5.41) is 11.4. The molecule has 5 heteroatoms. The topological polar surface area (TPSA) is 71.4 Å². The molecule has 1 atom stereocenters. The molecular formula is C24H22N2O3. The molecule has 3 aromatic carbocycles. The third-order valence-electron chi connectivity index (χ3n) is 4.21. The van der Waals surface area contributed by atoms with Crippen molar-refractivity contribution in [1.82, 2.24) is 5.32 Å². The highest BCUT2D eigenvalue weighted by Crippen LogP contribution is 2.18. The zero-order valence-corrected chi connectivity index (χ0v) is 16.2. The summed E-state index contributed by atoms with van der Waals surface area (Å²) < 4.78 is 11.7. The van der Waals surface area contributed by atoms with Crippen LogP contribution in [0.1, 0.15) is 28.4 Å². The molecule has 3 rings (SSSR count). The van der Waals surface area contributed by atoms with Crippen LogP contribution in [0.5, 0.6) is 11.5 Å². The van der Waals surface area contributed by atoms with Crippen LogP contribution in [-0.2, 0) is 13.2 Å². The average molecular weight is 386 g/mol. The van der Waals surface area contributed by atoms with E-state index in [0.29, 0.717) is 24.5 Å². The molecule has 0 saturated heterocycles. The normalized spacial score (nSPS) is 11.2. The molecule has 1 N–H and O–H groups in total. The van der Waals surface area contributed by atoms with Crippen molar-refractivity contribution >= 4 is 5.91 Å². The first-order valence-electron chi connectivity index (χ1n) is 9.33. The lowest BCUT2D eigenvalue weighted by molar-refractivity contribution is 0.0947. The first-order valence-corrected chi connectivity index (χ1v) is 9.33. The lowest BCUT2D eigenvalue weighted by atomic mass is 10.2. The van der Waals surface area contributed by atoms with Gasteiger partial charge in [0.1, 0.15) is 30.8 Å². The van der Waals surface area contributed by atoms with E-state index in [2.05, 4.69) is 5.32 Å². The van der Waals surface area contributed by atoms with Gasteiger partial charge in [-0.1, -0.05) is 42.5 Å². The summed E-state index contributed by atoms with van der Waals surface area (Å²) in [6.45, 7) is 2.53. The van der Waals surface area contributed by atoms with E-state index in [-0.39, 0.29) is 5.91 Å². The molecule has 0 bridgehead atoms. The Morgan fingerprint density at radius 3 is 2.28 bits per heavy atom. The number of benzene rings is 3. The molecule has 0 radical (unpaired) electrons. The summed E-state index contributed by atoms with van der Waals surface area (Å²) in [6.07, 6.45) is 0. The van der Waals surface area contributed by atoms with Crippen molar-refractivity contribution in [3.05, 3.63) is 95.6 Å². The number of hydrogen-bond acceptors (Lipinski definition) is 4. The second-order valence-electron chi connectivity index (χ2n) is 6.56. The molecule has 0 aromatic heterocycles. The van der Waals surface area contributed by atoms with Crippen molar-refractivity contribution in [3.63, 3.8) is 0 Å². The van der Waals surface area contributed by atoms with Gasteiger partial charge in [0.25, 0.3) is 5.91 Å². The third kappa shape index (κ3) is 6.12. The van der Waals surface area contributed by atoms with Crippen LogP contribution in [0.25, 0.3) is 0 Å². The van der Waals surface area contributed by atoms with E-state index in [0.717, 1.165) is 16.9 Å². The quantitative estimate of drug-likeness (QED) is 0.619. The van der Waals surface area contributed by atoms with E-state index in [1.165, 1.54) is 0 Å². The Balaban J connectivity index is 1.53. The second kappa shape index (κ2) is 9.95. The van der Waals surface area contributed by atoms with Gasteiger partial charge in [-0.15, -0.1) is 0 Å². The van der Waals surface area contributed by atoms with E-state index in [1.54, 1.807) is 31.2 Å². The van der Waals surface area contributed by atoms with Crippen LogP contribution in [0.4, 0.5) is 0 Å². The molecule has 0 fully saturated rings. The van der Waals surface area contributed by atoms with Crippen LogP contribution in [0, 0.1) is 11.3 Å². The van der Waals surface area contributed by atoms with Crippen LogP contribution in [0.3, 0.4) is 0 Å². The van der Waals surface area contributed by atoms with Gasteiger partial charge in [-0.3, -0.25) is 4.79 Å². The molecule has 0 aliphatic carbocycles. The van der Waals surface area contributed by atoms with E-state index in [9.17, 15) is 4.79 Å². The van der Waals surface area contributed by atoms with E-state index < -0.39 is 6.04 Å². The van der Waals surface area contributed by atoms with Crippen LogP contribution >= 0.6 is 0 Å². The molecule has 146 valence electrons. The number of nitriles is 1. The number of carbonyl (C=O) groups excluding carboxylic acids is 1. The van der Waals surface area contributed by atoms with Crippen molar-refractivity contribution in [1.29, 1.82) is 5.26 Å². The van der Waals surface area contributed by atoms with Crippen LogP contribution in [-0.4, -0.2) is 11.9 Å². The van der Waals surface area contributed by atoms with Gasteiger partial charge < -0.3 is 14.8 Å². The lowest BCUT2D eigenvalue weighted by Gasteiger charge is -2.10. The average Bonchev–Trinajstić information content (AvgIpc) is 2.77. The maximum Gasteiger partial charge on any atom is 0.252 e. The highest BCUT2D eigenvalue weighted by atomic mass is 16.5. The highest BCUT2D eigenvalue weighted by Gasteiger charge is 2.09. The monoisotopic (exact) mass is 386 g/mol. The zero-order valence-electron chi connectivity index (χ0n) is 16.2. The molecule has 0 heterocycles. The maximum absolute atomic E-state index is 12.0. The van der Waals surface area contributed by atoms with Crippen LogP contribution < -0.4 is 14.8 Å². The van der Waals surface area contributed by atoms with Crippen molar-refractivity contribution in [2.24, 2.45) is 0 Å². The minimum atomic E-state index is -0.533. The Morgan fingerprint density at radius 2 is 1.55 bits per heavy atom. The highest BCUT2D eigenvalue weighted by molar-refractivity contribution is 5.94. The number of rotatable bonds is 8. The van der Waals surface area contributed by atoms with Gasteiger partial charge in [-0.25, -0.2) is 0 Å². The molecule has 0 aliphatic heterocycles. The summed E-state index contributed by atoms with van der Waals surface area (Å²) in [5.74, 6) is 1.16. The van der Waals surface area contributed by atoms with Gasteiger partial charge in [0, 0.05) is 5.56 Å². The third-order valence-corrected chi connectivity index (χ3v) is 4.21. The second-order valence-corrected chi connectivity index (χ2v) is 6.56. The molecule has 0 aliphatic rings. The van der Waals surface area contributed by atoms with Gasteiger partial charge in [0.15, 0.2) is 0 Å². The van der Waals surface area contributed by atoms with Crippen LogP contribution in [0.15, 0.2) is 78.9 Å². The van der Waals surface area contributed by atoms with Crippen molar-refractivity contribution in [2.75, 3.05) is 0 Å². The zero-order chi connectivity index (χ0) is 20.5. The standard InChI is InChI=1S/C24H22N2O3/c1-18(15-25)26-24(27)21-10-12-22(13-11-21)28-17-20-8-5-9-23(14-20)29-16-19-6-3-2-4-7-19/h2-14,18H,16-17H2,1H3,(H,26,27). The predicted molar refractivity (Wildman–Crippen MR) is 111 cm³/mol. The minimum absolute atomic E-state index is 0.283. The van der Waals surface area contributed by atoms with Crippen molar-refractivity contribution in [2.45, 2.75) is 26.2 Å². The number of amides is 1. The first kappa shape index (κ1) is 20.0. The summed E-state index contributed by atoms with van der Waals surface area (Å²) in [6, 6.07) is 26.0. The molecule has 0 spiro atoms. The fraction of sp³-hybridized carbons (Fsp3) is 0.167. The summed E-state index contributed by atoms with van der Waals surface area (Å²) in [7, 11) is 0. The Bertz CT molecular complexity index is 979. The number of carbonyl (C=O) groups is 1. The van der Waals surface area contributed by atoms with Gasteiger partial charge in [0.05, 0.1) is 6.07 Å². The van der Waals surface area contributed by atoms with E-state index >= 15 is 0 Å². The Kier molecular flexibility index (Phi) is 6.85. The molecule has 3 aromatic rings. The van der Waals surface area contributed by atoms with E-state index in [1.807, 2.05) is 60.7 Å². The Labute approximate surface area is 170 Å². The Hall–Kier alpha value is -3.78. The molecular weight excluding hydrogens is 364 g/mol. The molecule has 29 heavy (non-hydrogen) atoms. The van der Waals surface area contributed by atoms with Crippen molar-refractivity contribution < 1.29 is 14.3 Å². The van der Waals surface area contributed by atoms with Crippen molar-refractivity contribution in [3.8, 4) is 17.6 Å². The lowest BCUT2D eigenvalue weighted by Crippen LogP contribution is -2.31. The van der Waals surface area contributed by atoms with Crippen LogP contribution in [0.2, 0.25) is 0 Å². The van der Waals surface area contributed by atoms with Gasteiger partial charge in [0.2, 0.25) is 0 Å². The smallest absolute Gasteiger partial charge is 0.252 e. The summed E-state index contributed by atoms with van der Waals surface area (Å²) in [4.78, 5) is 12.0. The summed E-state index contributed by atoms with van der Waals surface area (Å²) >= 11 is 0. The fourth-order valence-corrected chi connectivity index (χ4v) is 2.65. The first-order chi connectivity index (χ1) is 14.1. The minimum Gasteiger partial charge on any atom is -0.489 e. The largest absolute Gasteiger partial charge is 0.489 e. The number of ether oxygens (including phenoxy) is 2. The molecule has 5 nitrogen and oxygen atoms in total. The van der Waals surface area contributed by atoms with Gasteiger partial charge in [-0.05, 0) is 54.4 Å². The molecule has 1 unspecified atom stereocenters. The molecule has 1 amide bonds. The Morgan fingerprint density at radius 1 is 0.897 bits per heavy atom. The predicted octanol–water partition coefficient (Wildman–Crippen LogP) is 4.49. The van der Waals surface area contributed by atoms with E-state index in [4.69, 9.17) is 14.7 Å².